The fraction of sp³-hybridized carbons (Fsp3) is 0.700. The second-order valence-corrected chi connectivity index (χ2v) is 14.9. The highest BCUT2D eigenvalue weighted by molar-refractivity contribution is 5.71. The molecule has 0 aromatic carbocycles. The Kier molecular flexibility index (Phi) is 42.1. The molecule has 0 spiro atoms. The summed E-state index contributed by atoms with van der Waals surface area (Å²) < 4.78 is 16.6. The second kappa shape index (κ2) is 44.6. The molecular formula is C50H84O6. The summed E-state index contributed by atoms with van der Waals surface area (Å²) >= 11 is 0. The van der Waals surface area contributed by atoms with Crippen LogP contribution in [0, 0.1) is 0 Å². The van der Waals surface area contributed by atoms with E-state index >= 15 is 0 Å². The van der Waals surface area contributed by atoms with E-state index in [0.717, 1.165) is 89.9 Å². The molecular weight excluding hydrogens is 697 g/mol. The van der Waals surface area contributed by atoms with Crippen molar-refractivity contribution in [1.29, 1.82) is 0 Å². The molecule has 6 nitrogen and oxygen atoms in total. The van der Waals surface area contributed by atoms with E-state index in [9.17, 15) is 14.4 Å². The van der Waals surface area contributed by atoms with E-state index in [0.29, 0.717) is 19.3 Å². The molecule has 0 aliphatic heterocycles. The molecule has 0 fully saturated rings. The average Bonchev–Trinajstić information content (AvgIpc) is 3.19. The summed E-state index contributed by atoms with van der Waals surface area (Å²) in [5, 5.41) is 0. The van der Waals surface area contributed by atoms with E-state index in [1.54, 1.807) is 0 Å². The Morgan fingerprint density at radius 2 is 0.786 bits per heavy atom. The predicted molar refractivity (Wildman–Crippen MR) is 238 cm³/mol. The van der Waals surface area contributed by atoms with Gasteiger partial charge in [-0.05, 0) is 89.9 Å². The van der Waals surface area contributed by atoms with Gasteiger partial charge in [0, 0.05) is 19.3 Å². The molecule has 0 N–H and O–H groups in total. The standard InChI is InChI=1S/C50H84O6/c1-4-7-10-13-16-19-22-23-24-25-26-29-31-34-37-40-43-49(52)55-46-47(56-50(53)44-41-38-35-32-28-21-18-15-12-9-6-3)45-54-48(51)42-39-36-33-30-27-20-17-14-11-8-5-2/h9,12,14,17-18,21,24-26,29,32,35,47H,4-8,10-11,13,15-16,19-20,22-23,27-28,30-31,33-34,36-46H2,1-3H3/b12-9-,17-14-,21-18-,25-24-,29-26-,35-32-. The number of hydrogen-bond donors (Lipinski definition) is 0. The molecule has 0 rings (SSSR count). The van der Waals surface area contributed by atoms with Gasteiger partial charge in [-0.2, -0.15) is 0 Å². The molecule has 0 saturated heterocycles. The first-order valence-corrected chi connectivity index (χ1v) is 23.0. The molecule has 0 radical (unpaired) electrons. The summed E-state index contributed by atoms with van der Waals surface area (Å²) in [6.07, 6.45) is 54.7. The van der Waals surface area contributed by atoms with Crippen LogP contribution in [-0.4, -0.2) is 37.2 Å². The lowest BCUT2D eigenvalue weighted by Gasteiger charge is -2.18. The summed E-state index contributed by atoms with van der Waals surface area (Å²) in [5.74, 6) is -1.01. The maximum Gasteiger partial charge on any atom is 0.306 e. The maximum absolute atomic E-state index is 12.7. The van der Waals surface area contributed by atoms with Gasteiger partial charge in [-0.1, -0.05) is 171 Å². The number of unbranched alkanes of at least 4 members (excludes halogenated alkanes) is 18. The van der Waals surface area contributed by atoms with E-state index in [2.05, 4.69) is 93.7 Å². The summed E-state index contributed by atoms with van der Waals surface area (Å²) in [5.41, 5.74) is 0. The van der Waals surface area contributed by atoms with Gasteiger partial charge in [0.15, 0.2) is 6.10 Å². The van der Waals surface area contributed by atoms with Crippen molar-refractivity contribution in [3.05, 3.63) is 72.9 Å². The number of allylic oxidation sites excluding steroid dienone is 12. The van der Waals surface area contributed by atoms with Crippen molar-refractivity contribution >= 4 is 17.9 Å². The van der Waals surface area contributed by atoms with Gasteiger partial charge < -0.3 is 14.2 Å². The lowest BCUT2D eigenvalue weighted by molar-refractivity contribution is -0.167. The summed E-state index contributed by atoms with van der Waals surface area (Å²) in [7, 11) is 0. The quantitative estimate of drug-likeness (QED) is 0.0203. The van der Waals surface area contributed by atoms with E-state index in [4.69, 9.17) is 14.2 Å². The maximum atomic E-state index is 12.7. The van der Waals surface area contributed by atoms with Crippen molar-refractivity contribution in [2.24, 2.45) is 0 Å². The zero-order chi connectivity index (χ0) is 40.8. The van der Waals surface area contributed by atoms with E-state index in [1.165, 1.54) is 70.6 Å². The van der Waals surface area contributed by atoms with Crippen molar-refractivity contribution in [2.75, 3.05) is 13.2 Å². The van der Waals surface area contributed by atoms with Crippen LogP contribution >= 0.6 is 0 Å². The topological polar surface area (TPSA) is 78.9 Å². The largest absolute Gasteiger partial charge is 0.462 e. The Hall–Kier alpha value is -3.15. The molecule has 0 aromatic heterocycles. The van der Waals surface area contributed by atoms with Crippen LogP contribution in [0.25, 0.3) is 0 Å². The third kappa shape index (κ3) is 42.0. The van der Waals surface area contributed by atoms with Crippen molar-refractivity contribution in [3.63, 3.8) is 0 Å². The van der Waals surface area contributed by atoms with Gasteiger partial charge >= 0.3 is 17.9 Å². The Morgan fingerprint density at radius 3 is 1.34 bits per heavy atom. The van der Waals surface area contributed by atoms with Crippen molar-refractivity contribution in [2.45, 2.75) is 213 Å². The van der Waals surface area contributed by atoms with Gasteiger partial charge in [0.25, 0.3) is 0 Å². The number of carbonyl (C=O) groups excluding carboxylic acids is 3. The molecule has 0 aliphatic rings. The van der Waals surface area contributed by atoms with Crippen LogP contribution in [0.15, 0.2) is 72.9 Å². The summed E-state index contributed by atoms with van der Waals surface area (Å²) in [6.45, 7) is 6.38. The monoisotopic (exact) mass is 781 g/mol. The molecule has 0 amide bonds. The highest BCUT2D eigenvalue weighted by Crippen LogP contribution is 2.12. The smallest absolute Gasteiger partial charge is 0.306 e. The molecule has 1 atom stereocenters. The van der Waals surface area contributed by atoms with E-state index in [-0.39, 0.29) is 37.5 Å². The third-order valence-corrected chi connectivity index (χ3v) is 9.44. The minimum Gasteiger partial charge on any atom is -0.462 e. The Labute approximate surface area is 344 Å². The zero-order valence-corrected chi connectivity index (χ0v) is 36.4. The van der Waals surface area contributed by atoms with Crippen molar-refractivity contribution < 1.29 is 28.6 Å². The van der Waals surface area contributed by atoms with Crippen LogP contribution < -0.4 is 0 Å². The van der Waals surface area contributed by atoms with Crippen LogP contribution in [0.2, 0.25) is 0 Å². The molecule has 56 heavy (non-hydrogen) atoms. The fourth-order valence-electron chi connectivity index (χ4n) is 5.96. The van der Waals surface area contributed by atoms with E-state index < -0.39 is 6.10 Å². The Balaban J connectivity index is 4.47. The number of ether oxygens (including phenoxy) is 3. The molecule has 0 saturated carbocycles. The van der Waals surface area contributed by atoms with Crippen LogP contribution in [-0.2, 0) is 28.6 Å². The molecule has 0 bridgehead atoms. The van der Waals surface area contributed by atoms with Gasteiger partial charge in [-0.25, -0.2) is 0 Å². The van der Waals surface area contributed by atoms with Gasteiger partial charge in [0.1, 0.15) is 13.2 Å². The number of esters is 3. The second-order valence-electron chi connectivity index (χ2n) is 14.9. The molecule has 0 aromatic rings. The molecule has 1 unspecified atom stereocenters. The van der Waals surface area contributed by atoms with Crippen molar-refractivity contribution in [1.82, 2.24) is 0 Å². The average molecular weight is 781 g/mol. The first-order chi connectivity index (χ1) is 27.5. The molecule has 0 aliphatic carbocycles. The Bertz CT molecular complexity index is 1080. The highest BCUT2D eigenvalue weighted by Gasteiger charge is 2.19. The summed E-state index contributed by atoms with van der Waals surface area (Å²) in [6, 6.07) is 0. The number of rotatable bonds is 40. The third-order valence-electron chi connectivity index (χ3n) is 9.44. The first-order valence-electron chi connectivity index (χ1n) is 23.0. The number of carbonyl (C=O) groups is 3. The summed E-state index contributed by atoms with van der Waals surface area (Å²) in [4.78, 5) is 37.7. The van der Waals surface area contributed by atoms with Crippen molar-refractivity contribution in [3.8, 4) is 0 Å². The van der Waals surface area contributed by atoms with Gasteiger partial charge in [-0.3, -0.25) is 14.4 Å². The minimum atomic E-state index is -0.813. The van der Waals surface area contributed by atoms with Crippen LogP contribution in [0.3, 0.4) is 0 Å². The van der Waals surface area contributed by atoms with Gasteiger partial charge in [0.2, 0.25) is 0 Å². The Morgan fingerprint density at radius 1 is 0.393 bits per heavy atom. The SMILES string of the molecule is CC/C=C\C/C=C\C/C=C\CCCC(=O)OC(COC(=O)CCCCC/C=C\C=C/CCCCCCCCC)COC(=O)CCCCCCC/C=C\CCCC. The predicted octanol–water partition coefficient (Wildman–Crippen LogP) is 14.7. The molecule has 320 valence electrons. The van der Waals surface area contributed by atoms with Crippen LogP contribution in [0.5, 0.6) is 0 Å². The minimum absolute atomic E-state index is 0.109. The van der Waals surface area contributed by atoms with Crippen LogP contribution in [0.4, 0.5) is 0 Å². The normalized spacial score (nSPS) is 12.7. The fourth-order valence-corrected chi connectivity index (χ4v) is 5.96. The highest BCUT2D eigenvalue weighted by atomic mass is 16.6. The van der Waals surface area contributed by atoms with E-state index in [1.807, 2.05) is 0 Å². The molecule has 0 heterocycles. The first kappa shape index (κ1) is 52.9. The van der Waals surface area contributed by atoms with Crippen LogP contribution in [0.1, 0.15) is 207 Å². The lowest BCUT2D eigenvalue weighted by Crippen LogP contribution is -2.30. The molecule has 6 heteroatoms. The number of hydrogen-bond acceptors (Lipinski definition) is 6. The van der Waals surface area contributed by atoms with Gasteiger partial charge in [0.05, 0.1) is 0 Å². The lowest BCUT2D eigenvalue weighted by atomic mass is 10.1. The van der Waals surface area contributed by atoms with Gasteiger partial charge in [-0.15, -0.1) is 0 Å². The zero-order valence-electron chi connectivity index (χ0n) is 36.4.